The molecule has 2 heterocycles. The number of hydrogen-bond donors (Lipinski definition) is 2. The van der Waals surface area contributed by atoms with Crippen molar-refractivity contribution in [3.8, 4) is 0 Å². The third kappa shape index (κ3) is 2.85. The predicted molar refractivity (Wildman–Crippen MR) is 82.0 cm³/mol. The molecule has 0 saturated carbocycles. The summed E-state index contributed by atoms with van der Waals surface area (Å²) in [5.41, 5.74) is 1.11. The second-order valence-corrected chi connectivity index (χ2v) is 6.88. The van der Waals surface area contributed by atoms with Crippen molar-refractivity contribution in [2.75, 3.05) is 0 Å². The Labute approximate surface area is 126 Å². The second kappa shape index (κ2) is 5.60. The number of nitrogens with one attached hydrogen (secondary N) is 1. The SMILES string of the molecule is CC1CCc2c(sc3nc(CCCC(=O)O)[nH]c(=O)c23)C1. The molecule has 112 valence electrons. The number of thiophene rings is 1. The Morgan fingerprint density at radius 2 is 2.33 bits per heavy atom. The number of carbonyl (C=O) groups is 1. The normalized spacial score (nSPS) is 17.9. The van der Waals surface area contributed by atoms with Crippen molar-refractivity contribution >= 4 is 27.5 Å². The van der Waals surface area contributed by atoms with Gasteiger partial charge in [-0.25, -0.2) is 4.98 Å². The van der Waals surface area contributed by atoms with E-state index < -0.39 is 5.97 Å². The standard InChI is InChI=1S/C15H18N2O3S/c1-8-5-6-9-10(7-8)21-15-13(9)14(20)16-11(17-15)3-2-4-12(18)19/h8H,2-7H2,1H3,(H,18,19)(H,16,17,20). The lowest BCUT2D eigenvalue weighted by Gasteiger charge is -2.17. The maximum Gasteiger partial charge on any atom is 0.303 e. The van der Waals surface area contributed by atoms with Gasteiger partial charge in [-0.1, -0.05) is 6.92 Å². The molecule has 0 aromatic carbocycles. The van der Waals surface area contributed by atoms with Crippen LogP contribution in [0.1, 0.15) is 42.5 Å². The van der Waals surface area contributed by atoms with Crippen molar-refractivity contribution in [2.24, 2.45) is 5.92 Å². The molecule has 0 amide bonds. The van der Waals surface area contributed by atoms with Gasteiger partial charge in [-0.3, -0.25) is 9.59 Å². The summed E-state index contributed by atoms with van der Waals surface area (Å²) in [5, 5.41) is 9.42. The van der Waals surface area contributed by atoms with Crippen LogP contribution in [0.5, 0.6) is 0 Å². The molecule has 2 aromatic heterocycles. The number of carboxylic acids is 1. The summed E-state index contributed by atoms with van der Waals surface area (Å²) in [5.74, 6) is 0.444. The Kier molecular flexibility index (Phi) is 3.80. The van der Waals surface area contributed by atoms with Crippen LogP contribution in [0.2, 0.25) is 0 Å². The average molecular weight is 306 g/mol. The van der Waals surface area contributed by atoms with Crippen LogP contribution >= 0.6 is 11.3 Å². The Bertz CT molecular complexity index is 747. The molecule has 0 spiro atoms. The predicted octanol–water partition coefficient (Wildman–Crippen LogP) is 2.52. The summed E-state index contributed by atoms with van der Waals surface area (Å²) < 4.78 is 0. The first-order chi connectivity index (χ1) is 10.0. The van der Waals surface area contributed by atoms with Crippen molar-refractivity contribution in [2.45, 2.75) is 45.4 Å². The highest BCUT2D eigenvalue weighted by Gasteiger charge is 2.22. The lowest BCUT2D eigenvalue weighted by Crippen LogP contribution is -2.14. The van der Waals surface area contributed by atoms with Crippen LogP contribution in [-0.2, 0) is 24.1 Å². The molecule has 0 saturated heterocycles. The van der Waals surface area contributed by atoms with Gasteiger partial charge in [0.05, 0.1) is 5.39 Å². The summed E-state index contributed by atoms with van der Waals surface area (Å²) in [6, 6.07) is 0. The van der Waals surface area contributed by atoms with Crippen molar-refractivity contribution < 1.29 is 9.90 Å². The van der Waals surface area contributed by atoms with E-state index >= 15 is 0 Å². The van der Waals surface area contributed by atoms with Gasteiger partial charge in [-0.2, -0.15) is 0 Å². The molecule has 1 aliphatic rings. The molecule has 2 N–H and O–H groups in total. The topological polar surface area (TPSA) is 83.0 Å². The fourth-order valence-corrected chi connectivity index (χ4v) is 4.32. The smallest absolute Gasteiger partial charge is 0.303 e. The van der Waals surface area contributed by atoms with E-state index in [4.69, 9.17) is 5.11 Å². The molecule has 1 aliphatic carbocycles. The van der Waals surface area contributed by atoms with Gasteiger partial charge in [-0.05, 0) is 37.2 Å². The molecule has 1 unspecified atom stereocenters. The van der Waals surface area contributed by atoms with Crippen molar-refractivity contribution in [3.63, 3.8) is 0 Å². The van der Waals surface area contributed by atoms with E-state index in [9.17, 15) is 9.59 Å². The van der Waals surface area contributed by atoms with Crippen LogP contribution in [0.4, 0.5) is 0 Å². The Hall–Kier alpha value is -1.69. The van der Waals surface area contributed by atoms with Crippen LogP contribution in [0.25, 0.3) is 10.2 Å². The molecule has 6 heteroatoms. The van der Waals surface area contributed by atoms with Crippen LogP contribution in [0, 0.1) is 5.92 Å². The number of fused-ring (bicyclic) bond motifs is 3. The highest BCUT2D eigenvalue weighted by atomic mass is 32.1. The van der Waals surface area contributed by atoms with Gasteiger partial charge >= 0.3 is 5.97 Å². The molecule has 2 aromatic rings. The summed E-state index contributed by atoms with van der Waals surface area (Å²) in [6.07, 6.45) is 4.20. The molecule has 0 bridgehead atoms. The second-order valence-electron chi connectivity index (χ2n) is 5.79. The Morgan fingerprint density at radius 3 is 3.10 bits per heavy atom. The summed E-state index contributed by atoms with van der Waals surface area (Å²) in [6.45, 7) is 2.24. The lowest BCUT2D eigenvalue weighted by molar-refractivity contribution is -0.137. The monoisotopic (exact) mass is 306 g/mol. The Balaban J connectivity index is 1.93. The number of carboxylic acid groups (broad SMARTS) is 1. The van der Waals surface area contributed by atoms with E-state index in [1.54, 1.807) is 11.3 Å². The fraction of sp³-hybridized carbons (Fsp3) is 0.533. The van der Waals surface area contributed by atoms with Crippen molar-refractivity contribution in [3.05, 3.63) is 26.6 Å². The zero-order valence-electron chi connectivity index (χ0n) is 11.9. The van der Waals surface area contributed by atoms with Crippen LogP contribution < -0.4 is 5.56 Å². The highest BCUT2D eigenvalue weighted by Crippen LogP contribution is 2.35. The first-order valence-corrected chi connectivity index (χ1v) is 8.11. The summed E-state index contributed by atoms with van der Waals surface area (Å²) in [4.78, 5) is 32.3. The average Bonchev–Trinajstić information content (AvgIpc) is 2.75. The number of aromatic nitrogens is 2. The van der Waals surface area contributed by atoms with E-state index in [1.165, 1.54) is 10.4 Å². The van der Waals surface area contributed by atoms with Gasteiger partial charge in [0.2, 0.25) is 0 Å². The van der Waals surface area contributed by atoms with Crippen LogP contribution in [0.3, 0.4) is 0 Å². The van der Waals surface area contributed by atoms with Crippen LogP contribution in [-0.4, -0.2) is 21.0 Å². The highest BCUT2D eigenvalue weighted by molar-refractivity contribution is 7.18. The van der Waals surface area contributed by atoms with Crippen LogP contribution in [0.15, 0.2) is 4.79 Å². The number of nitrogens with zero attached hydrogens (tertiary/aromatic N) is 1. The largest absolute Gasteiger partial charge is 0.481 e. The fourth-order valence-electron chi connectivity index (χ4n) is 2.92. The van der Waals surface area contributed by atoms with Crippen molar-refractivity contribution in [1.29, 1.82) is 0 Å². The molecular formula is C15H18N2O3S. The van der Waals surface area contributed by atoms with Gasteiger partial charge in [0.25, 0.3) is 5.56 Å². The van der Waals surface area contributed by atoms with Crippen molar-refractivity contribution in [1.82, 2.24) is 9.97 Å². The molecule has 0 fully saturated rings. The van der Waals surface area contributed by atoms with Gasteiger partial charge in [0.1, 0.15) is 10.7 Å². The van der Waals surface area contributed by atoms with E-state index in [2.05, 4.69) is 16.9 Å². The summed E-state index contributed by atoms with van der Waals surface area (Å²) >= 11 is 1.62. The van der Waals surface area contributed by atoms with Gasteiger partial charge in [0.15, 0.2) is 0 Å². The van der Waals surface area contributed by atoms with Gasteiger partial charge in [-0.15, -0.1) is 11.3 Å². The van der Waals surface area contributed by atoms with Gasteiger partial charge in [0, 0.05) is 17.7 Å². The lowest BCUT2D eigenvalue weighted by atomic mass is 9.89. The maximum atomic E-state index is 12.3. The zero-order chi connectivity index (χ0) is 15.0. The number of aromatic amines is 1. The maximum absolute atomic E-state index is 12.3. The minimum Gasteiger partial charge on any atom is -0.481 e. The number of rotatable bonds is 4. The Morgan fingerprint density at radius 1 is 1.52 bits per heavy atom. The molecule has 3 rings (SSSR count). The number of aliphatic carboxylic acids is 1. The molecule has 21 heavy (non-hydrogen) atoms. The quantitative estimate of drug-likeness (QED) is 0.909. The van der Waals surface area contributed by atoms with E-state index in [0.717, 1.165) is 29.5 Å². The first-order valence-electron chi connectivity index (χ1n) is 7.30. The molecular weight excluding hydrogens is 288 g/mol. The summed E-state index contributed by atoms with van der Waals surface area (Å²) in [7, 11) is 0. The first kappa shape index (κ1) is 14.3. The molecule has 0 aliphatic heterocycles. The minimum atomic E-state index is -0.820. The molecule has 1 atom stereocenters. The van der Waals surface area contributed by atoms with E-state index in [0.29, 0.717) is 24.6 Å². The minimum absolute atomic E-state index is 0.0719. The number of hydrogen-bond acceptors (Lipinski definition) is 4. The van der Waals surface area contributed by atoms with E-state index in [1.807, 2.05) is 0 Å². The van der Waals surface area contributed by atoms with Gasteiger partial charge < -0.3 is 10.1 Å². The number of H-pyrrole nitrogens is 1. The molecule has 5 nitrogen and oxygen atoms in total. The zero-order valence-corrected chi connectivity index (χ0v) is 12.8. The van der Waals surface area contributed by atoms with E-state index in [-0.39, 0.29) is 12.0 Å². The third-order valence-corrected chi connectivity index (χ3v) is 5.17. The molecule has 0 radical (unpaired) electrons. The third-order valence-electron chi connectivity index (χ3n) is 4.02. The number of aryl methyl sites for hydroxylation is 2.